The molecule has 0 unspecified atom stereocenters. The quantitative estimate of drug-likeness (QED) is 0.291. The lowest BCUT2D eigenvalue weighted by atomic mass is 9.89. The molecule has 4 heterocycles. The molecule has 0 saturated heterocycles. The highest BCUT2D eigenvalue weighted by molar-refractivity contribution is 5.77. The Kier molecular flexibility index (Phi) is 5.50. The molecule has 0 aromatic heterocycles. The average molecular weight is 539 g/mol. The highest BCUT2D eigenvalue weighted by atomic mass is 16.7. The summed E-state index contributed by atoms with van der Waals surface area (Å²) in [6.07, 6.45) is 3.28. The van der Waals surface area contributed by atoms with Crippen LogP contribution in [0.1, 0.15) is 22.3 Å². The van der Waals surface area contributed by atoms with Crippen LogP contribution in [0.4, 0.5) is 0 Å². The second-order valence-electron chi connectivity index (χ2n) is 10.1. The Morgan fingerprint density at radius 3 is 1.12 bits per heavy atom. The summed E-state index contributed by atoms with van der Waals surface area (Å²) in [5.41, 5.74) is 6.91. The van der Waals surface area contributed by atoms with E-state index >= 15 is 0 Å². The molecular weight excluding hydrogens is 512 g/mol. The Morgan fingerprint density at radius 2 is 0.700 bits per heavy atom. The maximum Gasteiger partial charge on any atom is 0.231 e. The monoisotopic (exact) mass is 538 g/mol. The van der Waals surface area contributed by atoms with Crippen LogP contribution in [0.5, 0.6) is 46.0 Å². The fourth-order valence-corrected chi connectivity index (χ4v) is 5.63. The fraction of sp³-hybridized carbons (Fsp3) is 0.250. The third-order valence-corrected chi connectivity index (χ3v) is 7.73. The lowest BCUT2D eigenvalue weighted by Crippen LogP contribution is -2.00. The van der Waals surface area contributed by atoms with E-state index < -0.39 is 0 Å². The minimum Gasteiger partial charge on any atom is -0.454 e. The van der Waals surface area contributed by atoms with Gasteiger partial charge in [0.1, 0.15) is 0 Å². The van der Waals surface area contributed by atoms with Crippen molar-refractivity contribution in [3.63, 3.8) is 0 Å². The zero-order chi connectivity index (χ0) is 26.5. The van der Waals surface area contributed by atoms with E-state index in [9.17, 15) is 0 Å². The van der Waals surface area contributed by atoms with Crippen LogP contribution in [-0.2, 0) is 25.7 Å². The summed E-state index contributed by atoms with van der Waals surface area (Å²) in [5, 5.41) is 0. The maximum absolute atomic E-state index is 5.80. The van der Waals surface area contributed by atoms with Crippen LogP contribution in [0.25, 0.3) is 11.1 Å². The van der Waals surface area contributed by atoms with Gasteiger partial charge < -0.3 is 37.9 Å². The third kappa shape index (κ3) is 4.16. The highest BCUT2D eigenvalue weighted by Gasteiger charge is 2.24. The molecule has 0 atom stereocenters. The molecule has 0 bridgehead atoms. The topological polar surface area (TPSA) is 73.8 Å². The summed E-state index contributed by atoms with van der Waals surface area (Å²) >= 11 is 0. The van der Waals surface area contributed by atoms with Crippen molar-refractivity contribution in [1.82, 2.24) is 0 Å². The lowest BCUT2D eigenvalue weighted by Gasteiger charge is -2.17. The van der Waals surface area contributed by atoms with Gasteiger partial charge in [-0.2, -0.15) is 0 Å². The molecule has 0 N–H and O–H groups in total. The minimum atomic E-state index is 0.221. The van der Waals surface area contributed by atoms with E-state index in [0.717, 1.165) is 82.8 Å². The molecule has 40 heavy (non-hydrogen) atoms. The fourth-order valence-electron chi connectivity index (χ4n) is 5.63. The molecule has 202 valence electrons. The van der Waals surface area contributed by atoms with Crippen molar-refractivity contribution in [1.29, 1.82) is 0 Å². The average Bonchev–Trinajstić information content (AvgIpc) is 3.80. The van der Waals surface area contributed by atoms with Crippen LogP contribution in [0.15, 0.2) is 60.7 Å². The summed E-state index contributed by atoms with van der Waals surface area (Å²) in [6.45, 7) is 0.978. The molecule has 4 aromatic carbocycles. The summed E-state index contributed by atoms with van der Waals surface area (Å²) in [4.78, 5) is 0. The van der Waals surface area contributed by atoms with Crippen LogP contribution < -0.4 is 37.9 Å². The Morgan fingerprint density at radius 1 is 0.350 bits per heavy atom. The standard InChI is InChI=1S/C32H26O8/c1(19-3-7-25-27(9-19)35-15-33-25)5-21-11-29-31(39-17-37-29)13-23(21)24-14-32-30(38-18-40-32)12-22(24)6-2-20-4-8-26-28(10-20)36-16-34-26/h3-4,7-14H,1-2,5-6,15-18H2. The van der Waals surface area contributed by atoms with Crippen molar-refractivity contribution in [3.05, 3.63) is 82.9 Å². The van der Waals surface area contributed by atoms with Crippen molar-refractivity contribution in [3.8, 4) is 57.1 Å². The molecule has 0 aliphatic carbocycles. The SMILES string of the molecule is c1cc2c(cc1CCc1cc3c(cc1-c1cc4c(cc1CCc1ccc5c(c1)OCO5)OCO4)OCO3)OCO2. The van der Waals surface area contributed by atoms with Gasteiger partial charge in [-0.05, 0) is 108 Å². The molecule has 8 heteroatoms. The van der Waals surface area contributed by atoms with Crippen molar-refractivity contribution < 1.29 is 37.9 Å². The number of fused-ring (bicyclic) bond motifs is 4. The van der Waals surface area contributed by atoms with Gasteiger partial charge >= 0.3 is 0 Å². The van der Waals surface area contributed by atoms with Crippen molar-refractivity contribution >= 4 is 0 Å². The first-order valence-electron chi connectivity index (χ1n) is 13.4. The Hall–Kier alpha value is -4.72. The predicted octanol–water partition coefficient (Wildman–Crippen LogP) is 5.84. The Labute approximate surface area is 230 Å². The van der Waals surface area contributed by atoms with E-state index in [-0.39, 0.29) is 27.2 Å². The number of rotatable bonds is 7. The molecule has 8 nitrogen and oxygen atoms in total. The molecule has 4 aliphatic rings. The van der Waals surface area contributed by atoms with Gasteiger partial charge in [0.05, 0.1) is 0 Å². The van der Waals surface area contributed by atoms with Gasteiger partial charge in [-0.3, -0.25) is 0 Å². The van der Waals surface area contributed by atoms with E-state index in [1.54, 1.807) is 0 Å². The zero-order valence-electron chi connectivity index (χ0n) is 21.7. The summed E-state index contributed by atoms with van der Waals surface area (Å²) in [7, 11) is 0. The molecule has 8 rings (SSSR count). The molecular formula is C32H26O8. The van der Waals surface area contributed by atoms with Gasteiger partial charge in [0.2, 0.25) is 27.2 Å². The Balaban J connectivity index is 1.14. The van der Waals surface area contributed by atoms with E-state index in [0.29, 0.717) is 0 Å². The molecule has 0 saturated carbocycles. The van der Waals surface area contributed by atoms with E-state index in [4.69, 9.17) is 37.9 Å². The normalized spacial score (nSPS) is 15.1. The predicted molar refractivity (Wildman–Crippen MR) is 144 cm³/mol. The van der Waals surface area contributed by atoms with E-state index in [1.807, 2.05) is 12.1 Å². The molecule has 0 spiro atoms. The Bertz CT molecular complexity index is 1510. The van der Waals surface area contributed by atoms with Crippen molar-refractivity contribution in [2.75, 3.05) is 27.2 Å². The number of benzene rings is 4. The third-order valence-electron chi connectivity index (χ3n) is 7.73. The molecule has 4 aliphatic heterocycles. The van der Waals surface area contributed by atoms with Crippen LogP contribution >= 0.6 is 0 Å². The van der Waals surface area contributed by atoms with E-state index in [2.05, 4.69) is 48.5 Å². The summed E-state index contributed by atoms with van der Waals surface area (Å²) in [5.74, 6) is 6.22. The van der Waals surface area contributed by atoms with Gasteiger partial charge in [0.15, 0.2) is 46.0 Å². The van der Waals surface area contributed by atoms with Crippen LogP contribution in [0, 0.1) is 0 Å². The van der Waals surface area contributed by atoms with E-state index in [1.165, 1.54) is 22.3 Å². The number of ether oxygens (including phenoxy) is 8. The largest absolute Gasteiger partial charge is 0.454 e. The van der Waals surface area contributed by atoms with Crippen molar-refractivity contribution in [2.45, 2.75) is 25.7 Å². The van der Waals surface area contributed by atoms with Crippen LogP contribution in [0.3, 0.4) is 0 Å². The smallest absolute Gasteiger partial charge is 0.231 e. The van der Waals surface area contributed by atoms with Gasteiger partial charge in [-0.25, -0.2) is 0 Å². The summed E-state index contributed by atoms with van der Waals surface area (Å²) in [6, 6.07) is 20.7. The lowest BCUT2D eigenvalue weighted by molar-refractivity contribution is 0.173. The first-order chi connectivity index (χ1) is 19.8. The van der Waals surface area contributed by atoms with Gasteiger partial charge in [0, 0.05) is 0 Å². The first-order valence-corrected chi connectivity index (χ1v) is 13.4. The summed E-state index contributed by atoms with van der Waals surface area (Å²) < 4.78 is 45.3. The second kappa shape index (κ2) is 9.48. The van der Waals surface area contributed by atoms with Crippen LogP contribution in [0.2, 0.25) is 0 Å². The first kappa shape index (κ1) is 23.2. The highest BCUT2D eigenvalue weighted by Crippen LogP contribution is 2.45. The number of hydrogen-bond acceptors (Lipinski definition) is 8. The number of aryl methyl sites for hydroxylation is 4. The second-order valence-corrected chi connectivity index (χ2v) is 10.1. The molecule has 4 aromatic rings. The van der Waals surface area contributed by atoms with Gasteiger partial charge in [0.25, 0.3) is 0 Å². The molecule has 0 fully saturated rings. The zero-order valence-corrected chi connectivity index (χ0v) is 21.7. The van der Waals surface area contributed by atoms with Crippen molar-refractivity contribution in [2.24, 2.45) is 0 Å². The van der Waals surface area contributed by atoms with Gasteiger partial charge in [-0.1, -0.05) is 12.1 Å². The van der Waals surface area contributed by atoms with Crippen LogP contribution in [-0.4, -0.2) is 27.2 Å². The minimum absolute atomic E-state index is 0.221. The molecule has 0 radical (unpaired) electrons. The maximum atomic E-state index is 5.80. The molecule has 0 amide bonds. The van der Waals surface area contributed by atoms with Gasteiger partial charge in [-0.15, -0.1) is 0 Å². The number of hydrogen-bond donors (Lipinski definition) is 0.